The van der Waals surface area contributed by atoms with Crippen LogP contribution >= 0.6 is 12.6 Å². The molecule has 1 rings (SSSR count). The molecule has 0 fully saturated rings. The van der Waals surface area contributed by atoms with Gasteiger partial charge in [-0.2, -0.15) is 12.6 Å². The maximum Gasteiger partial charge on any atom is 0.326 e. The van der Waals surface area contributed by atoms with E-state index in [0.29, 0.717) is 18.7 Å². The van der Waals surface area contributed by atoms with Crippen LogP contribution < -0.4 is 16.4 Å². The fourth-order valence-corrected chi connectivity index (χ4v) is 3.13. The Kier molecular flexibility index (Phi) is 13.4. The van der Waals surface area contributed by atoms with Gasteiger partial charge in [0.1, 0.15) is 12.1 Å². The van der Waals surface area contributed by atoms with Crippen molar-refractivity contribution in [3.8, 4) is 0 Å². The van der Waals surface area contributed by atoms with Crippen LogP contribution in [0.3, 0.4) is 0 Å². The fraction of sp³-hybridized carbons (Fsp3) is 0.636. The summed E-state index contributed by atoms with van der Waals surface area (Å²) in [6, 6.07) is 8.13. The van der Waals surface area contributed by atoms with Crippen LogP contribution in [0.5, 0.6) is 0 Å². The fourth-order valence-electron chi connectivity index (χ4n) is 3.00. The third-order valence-electron chi connectivity index (χ3n) is 5.27. The maximum atomic E-state index is 12.9. The van der Waals surface area contributed by atoms with Gasteiger partial charge in [-0.3, -0.25) is 4.79 Å². The zero-order valence-electron chi connectivity index (χ0n) is 18.4. The first-order chi connectivity index (χ1) is 14.8. The molecule has 0 heterocycles. The number of aliphatic hydroxyl groups excluding tert-OH is 1. The van der Waals surface area contributed by atoms with Crippen LogP contribution in [0, 0.1) is 5.92 Å². The number of rotatable bonds is 16. The normalized spacial score (nSPS) is 16.2. The number of ether oxygens (including phenoxy) is 1. The average Bonchev–Trinajstić information content (AvgIpc) is 2.77. The highest BCUT2D eigenvalue weighted by Gasteiger charge is 2.27. The summed E-state index contributed by atoms with van der Waals surface area (Å²) >= 11 is 4.21. The van der Waals surface area contributed by atoms with Crippen LogP contribution in [0.4, 0.5) is 0 Å². The van der Waals surface area contributed by atoms with Crippen molar-refractivity contribution in [2.24, 2.45) is 11.7 Å². The van der Waals surface area contributed by atoms with Crippen molar-refractivity contribution in [2.75, 3.05) is 25.5 Å². The summed E-state index contributed by atoms with van der Waals surface area (Å²) in [5.41, 5.74) is 6.87. The van der Waals surface area contributed by atoms with E-state index in [1.54, 1.807) is 0 Å². The topological polar surface area (TPSA) is 134 Å². The lowest BCUT2D eigenvalue weighted by Gasteiger charge is -2.28. The molecule has 6 N–H and O–H groups in total. The van der Waals surface area contributed by atoms with Crippen molar-refractivity contribution in [2.45, 2.75) is 57.3 Å². The van der Waals surface area contributed by atoms with Crippen molar-refractivity contribution in [3.05, 3.63) is 35.9 Å². The number of carboxylic acids is 1. The predicted octanol–water partition coefficient (Wildman–Crippen LogP) is 0.828. The van der Waals surface area contributed by atoms with Gasteiger partial charge in [0.15, 0.2) is 0 Å². The van der Waals surface area contributed by atoms with Crippen LogP contribution in [-0.2, 0) is 20.7 Å². The Morgan fingerprint density at radius 2 is 1.94 bits per heavy atom. The summed E-state index contributed by atoms with van der Waals surface area (Å²) in [4.78, 5) is 24.3. The number of thiol groups is 1. The highest BCUT2D eigenvalue weighted by Crippen LogP contribution is 2.12. The monoisotopic (exact) mass is 455 g/mol. The van der Waals surface area contributed by atoms with Crippen LogP contribution in [-0.4, -0.2) is 71.8 Å². The largest absolute Gasteiger partial charge is 0.480 e. The quantitative estimate of drug-likeness (QED) is 0.203. The van der Waals surface area contributed by atoms with Gasteiger partial charge < -0.3 is 31.3 Å². The first-order valence-corrected chi connectivity index (χ1v) is 11.3. The van der Waals surface area contributed by atoms with Crippen molar-refractivity contribution < 1.29 is 24.5 Å². The highest BCUT2D eigenvalue weighted by atomic mass is 32.1. The molecule has 5 atom stereocenters. The van der Waals surface area contributed by atoms with Crippen LogP contribution in [0.15, 0.2) is 30.3 Å². The molecular weight excluding hydrogens is 418 g/mol. The summed E-state index contributed by atoms with van der Waals surface area (Å²) < 4.78 is 6.03. The Labute approximate surface area is 190 Å². The van der Waals surface area contributed by atoms with Crippen molar-refractivity contribution >= 4 is 24.5 Å². The SMILES string of the molecule is CC[C@H](C)C(COC(Cc1ccccc1)C(=O)N[C@H](CCO)C(=O)O)NCC(N)CS. The van der Waals surface area contributed by atoms with E-state index >= 15 is 0 Å². The summed E-state index contributed by atoms with van der Waals surface area (Å²) in [6.07, 6.45) is 0.290. The summed E-state index contributed by atoms with van der Waals surface area (Å²) in [5.74, 6) is -0.865. The summed E-state index contributed by atoms with van der Waals surface area (Å²) in [5, 5.41) is 24.3. The second-order valence-electron chi connectivity index (χ2n) is 7.77. The molecule has 0 saturated carbocycles. The van der Waals surface area contributed by atoms with Gasteiger partial charge in [0.2, 0.25) is 5.91 Å². The minimum absolute atomic E-state index is 0.0188. The molecule has 176 valence electrons. The standard InChI is InChI=1S/C22H37N3O5S/c1-3-15(2)19(24-12-17(23)14-31)13-30-20(11-16-7-5-4-6-8-16)21(27)25-18(9-10-26)22(28)29/h4-8,15,17-20,24,26,31H,3,9-14,23H2,1-2H3,(H,25,27)(H,28,29)/t15-,17?,18+,19?,20?/m0/s1. The molecule has 1 aromatic carbocycles. The Morgan fingerprint density at radius 3 is 2.48 bits per heavy atom. The Hall–Kier alpha value is -1.65. The van der Waals surface area contributed by atoms with E-state index in [0.717, 1.165) is 12.0 Å². The van der Waals surface area contributed by atoms with Gasteiger partial charge in [0.05, 0.1) is 6.61 Å². The number of aliphatic carboxylic acids is 1. The van der Waals surface area contributed by atoms with Gasteiger partial charge in [0, 0.05) is 43.8 Å². The van der Waals surface area contributed by atoms with Crippen LogP contribution in [0.1, 0.15) is 32.3 Å². The lowest BCUT2D eigenvalue weighted by Crippen LogP contribution is -2.50. The molecule has 1 amide bonds. The van der Waals surface area contributed by atoms with Crippen molar-refractivity contribution in [3.63, 3.8) is 0 Å². The Morgan fingerprint density at radius 1 is 1.26 bits per heavy atom. The molecule has 31 heavy (non-hydrogen) atoms. The number of hydrogen-bond acceptors (Lipinski definition) is 7. The number of carbonyl (C=O) groups excluding carboxylic acids is 1. The van der Waals surface area contributed by atoms with E-state index in [2.05, 4.69) is 37.1 Å². The number of nitrogens with two attached hydrogens (primary N) is 1. The number of carboxylic acid groups (broad SMARTS) is 1. The first kappa shape index (κ1) is 27.4. The molecule has 0 saturated heterocycles. The van der Waals surface area contributed by atoms with Crippen molar-refractivity contribution in [1.29, 1.82) is 0 Å². The number of carbonyl (C=O) groups is 2. The molecule has 1 aromatic rings. The molecule has 0 aromatic heterocycles. The molecule has 0 aliphatic rings. The zero-order valence-corrected chi connectivity index (χ0v) is 19.3. The van der Waals surface area contributed by atoms with Gasteiger partial charge in [-0.15, -0.1) is 0 Å². The Bertz CT molecular complexity index is 649. The van der Waals surface area contributed by atoms with E-state index < -0.39 is 24.0 Å². The smallest absolute Gasteiger partial charge is 0.326 e. The Balaban J connectivity index is 2.90. The molecule has 0 bridgehead atoms. The number of aliphatic hydroxyl groups is 1. The summed E-state index contributed by atoms with van der Waals surface area (Å²) in [7, 11) is 0. The zero-order chi connectivity index (χ0) is 23.2. The molecule has 0 aliphatic carbocycles. The van der Waals surface area contributed by atoms with E-state index in [4.69, 9.17) is 15.6 Å². The van der Waals surface area contributed by atoms with E-state index in [9.17, 15) is 14.7 Å². The first-order valence-electron chi connectivity index (χ1n) is 10.7. The molecule has 8 nitrogen and oxygen atoms in total. The van der Waals surface area contributed by atoms with Crippen LogP contribution in [0.25, 0.3) is 0 Å². The molecule has 9 heteroatoms. The lowest BCUT2D eigenvalue weighted by molar-refractivity contribution is -0.145. The second kappa shape index (κ2) is 15.2. The molecule has 0 spiro atoms. The minimum Gasteiger partial charge on any atom is -0.480 e. The van der Waals surface area contributed by atoms with Gasteiger partial charge in [-0.25, -0.2) is 4.79 Å². The summed E-state index contributed by atoms with van der Waals surface area (Å²) in [6.45, 7) is 4.69. The average molecular weight is 456 g/mol. The second-order valence-corrected chi connectivity index (χ2v) is 8.13. The third-order valence-corrected chi connectivity index (χ3v) is 5.74. The van der Waals surface area contributed by atoms with Crippen molar-refractivity contribution in [1.82, 2.24) is 10.6 Å². The highest BCUT2D eigenvalue weighted by molar-refractivity contribution is 7.80. The minimum atomic E-state index is -1.19. The number of nitrogens with one attached hydrogen (secondary N) is 2. The third kappa shape index (κ3) is 10.5. The van der Waals surface area contributed by atoms with Gasteiger partial charge in [-0.1, -0.05) is 50.6 Å². The van der Waals surface area contributed by atoms with Gasteiger partial charge in [0.25, 0.3) is 0 Å². The van der Waals surface area contributed by atoms with E-state index in [1.165, 1.54) is 0 Å². The molecular formula is C22H37N3O5S. The predicted molar refractivity (Wildman–Crippen MR) is 124 cm³/mol. The number of amides is 1. The van der Waals surface area contributed by atoms with E-state index in [1.807, 2.05) is 30.3 Å². The molecule has 3 unspecified atom stereocenters. The lowest BCUT2D eigenvalue weighted by atomic mass is 9.99. The van der Waals surface area contributed by atoms with Gasteiger partial charge in [-0.05, 0) is 11.5 Å². The number of benzene rings is 1. The number of hydrogen-bond donors (Lipinski definition) is 6. The molecule has 0 radical (unpaired) electrons. The van der Waals surface area contributed by atoms with E-state index in [-0.39, 0.29) is 37.6 Å². The maximum absolute atomic E-state index is 12.9. The van der Waals surface area contributed by atoms with Crippen LogP contribution in [0.2, 0.25) is 0 Å². The van der Waals surface area contributed by atoms with Gasteiger partial charge >= 0.3 is 5.97 Å². The molecule has 0 aliphatic heterocycles.